The fourth-order valence-electron chi connectivity index (χ4n) is 2.52. The van der Waals surface area contributed by atoms with Crippen molar-refractivity contribution in [2.24, 2.45) is 0 Å². The lowest BCUT2D eigenvalue weighted by atomic mass is 9.84. The highest BCUT2D eigenvalue weighted by Gasteiger charge is 2.19. The summed E-state index contributed by atoms with van der Waals surface area (Å²) >= 11 is 0. The van der Waals surface area contributed by atoms with Gasteiger partial charge in [-0.15, -0.1) is 0 Å². The van der Waals surface area contributed by atoms with Gasteiger partial charge in [0.2, 0.25) is 0 Å². The predicted octanol–water partition coefficient (Wildman–Crippen LogP) is 2.47. The number of carbonyl (C=O) groups is 1. The molecule has 0 bridgehead atoms. The summed E-state index contributed by atoms with van der Waals surface area (Å²) in [7, 11) is 0. The van der Waals surface area contributed by atoms with Crippen LogP contribution in [0.5, 0.6) is 0 Å². The van der Waals surface area contributed by atoms with Crippen LogP contribution in [0.25, 0.3) is 0 Å². The molecule has 4 heteroatoms. The van der Waals surface area contributed by atoms with Crippen LogP contribution < -0.4 is 0 Å². The molecule has 0 atom stereocenters. The van der Waals surface area contributed by atoms with Gasteiger partial charge in [0, 0.05) is 5.69 Å². The fraction of sp³-hybridized carbons (Fsp3) is 0.667. The number of hydrogen-bond donors (Lipinski definition) is 2. The lowest BCUT2D eigenvalue weighted by molar-refractivity contribution is -0.136. The van der Waals surface area contributed by atoms with Crippen molar-refractivity contribution in [1.29, 1.82) is 0 Å². The number of H-pyrrole nitrogens is 1. The second kappa shape index (κ2) is 5.14. The van der Waals surface area contributed by atoms with Crippen LogP contribution in [0.4, 0.5) is 0 Å². The van der Waals surface area contributed by atoms with Gasteiger partial charge in [0.25, 0.3) is 0 Å². The van der Waals surface area contributed by atoms with Gasteiger partial charge in [0.05, 0.1) is 12.6 Å². The summed E-state index contributed by atoms with van der Waals surface area (Å²) in [5.41, 5.74) is 2.27. The van der Waals surface area contributed by atoms with Gasteiger partial charge < -0.3 is 5.11 Å². The maximum Gasteiger partial charge on any atom is 0.303 e. The number of carboxylic acids is 1. The van der Waals surface area contributed by atoms with Gasteiger partial charge in [-0.3, -0.25) is 9.89 Å². The Bertz CT molecular complexity index is 354. The normalized spacial score (nSPS) is 17.5. The largest absolute Gasteiger partial charge is 0.481 e. The number of aryl methyl sites for hydroxylation is 1. The molecule has 0 amide bonds. The van der Waals surface area contributed by atoms with E-state index >= 15 is 0 Å². The van der Waals surface area contributed by atoms with Crippen LogP contribution >= 0.6 is 0 Å². The molecule has 0 spiro atoms. The summed E-state index contributed by atoms with van der Waals surface area (Å²) in [6.45, 7) is 0. The molecule has 1 aromatic rings. The Balaban J connectivity index is 2.02. The summed E-state index contributed by atoms with van der Waals surface area (Å²) in [6, 6.07) is 0. The summed E-state index contributed by atoms with van der Waals surface area (Å²) in [5.74, 6) is -0.152. The molecule has 0 radical (unpaired) electrons. The Kier molecular flexibility index (Phi) is 3.59. The maximum absolute atomic E-state index is 10.5. The maximum atomic E-state index is 10.5. The van der Waals surface area contributed by atoms with Crippen molar-refractivity contribution in [2.45, 2.75) is 50.9 Å². The molecular weight excluding hydrogens is 204 g/mol. The molecule has 0 aliphatic heterocycles. The minimum absolute atomic E-state index is 0.182. The molecule has 1 heterocycles. The average molecular weight is 222 g/mol. The van der Waals surface area contributed by atoms with Gasteiger partial charge >= 0.3 is 5.97 Å². The molecule has 1 aromatic heterocycles. The molecule has 4 nitrogen and oxygen atoms in total. The van der Waals surface area contributed by atoms with Crippen LogP contribution in [0.2, 0.25) is 0 Å². The number of nitrogens with zero attached hydrogens (tertiary/aromatic N) is 1. The average Bonchev–Trinajstić information content (AvgIpc) is 2.75. The Labute approximate surface area is 95.1 Å². The quantitative estimate of drug-likeness (QED) is 0.822. The SMILES string of the molecule is O=C(O)CCc1[nH]ncc1C1CCCCC1. The number of carboxylic acid groups (broad SMARTS) is 1. The molecule has 1 aliphatic carbocycles. The number of aromatic amines is 1. The molecular formula is C12H18N2O2. The van der Waals surface area contributed by atoms with Crippen LogP contribution in [-0.2, 0) is 11.2 Å². The highest BCUT2D eigenvalue weighted by Crippen LogP contribution is 2.33. The Morgan fingerprint density at radius 2 is 2.19 bits per heavy atom. The second-order valence-electron chi connectivity index (χ2n) is 4.53. The molecule has 1 fully saturated rings. The van der Waals surface area contributed by atoms with Gasteiger partial charge in [0.15, 0.2) is 0 Å². The van der Waals surface area contributed by atoms with Gasteiger partial charge in [-0.2, -0.15) is 5.10 Å². The molecule has 0 aromatic carbocycles. The smallest absolute Gasteiger partial charge is 0.303 e. The highest BCUT2D eigenvalue weighted by atomic mass is 16.4. The van der Waals surface area contributed by atoms with Gasteiger partial charge in [-0.25, -0.2) is 0 Å². The lowest BCUT2D eigenvalue weighted by Crippen LogP contribution is -2.07. The first-order valence-electron chi connectivity index (χ1n) is 6.01. The van der Waals surface area contributed by atoms with E-state index in [1.165, 1.54) is 37.7 Å². The Morgan fingerprint density at radius 1 is 1.44 bits per heavy atom. The van der Waals surface area contributed by atoms with Crippen molar-refractivity contribution in [2.75, 3.05) is 0 Å². The summed E-state index contributed by atoms with van der Waals surface area (Å²) in [6.07, 6.45) is 8.98. The molecule has 88 valence electrons. The minimum Gasteiger partial charge on any atom is -0.481 e. The fourth-order valence-corrected chi connectivity index (χ4v) is 2.52. The van der Waals surface area contributed by atoms with Crippen molar-refractivity contribution < 1.29 is 9.90 Å². The highest BCUT2D eigenvalue weighted by molar-refractivity contribution is 5.67. The lowest BCUT2D eigenvalue weighted by Gasteiger charge is -2.21. The van der Waals surface area contributed by atoms with Gasteiger partial charge in [-0.1, -0.05) is 19.3 Å². The summed E-state index contributed by atoms with van der Waals surface area (Å²) in [4.78, 5) is 10.5. The monoisotopic (exact) mass is 222 g/mol. The van der Waals surface area contributed by atoms with Crippen molar-refractivity contribution in [3.63, 3.8) is 0 Å². The van der Waals surface area contributed by atoms with Crippen molar-refractivity contribution >= 4 is 5.97 Å². The van der Waals surface area contributed by atoms with E-state index in [0.717, 1.165) is 5.69 Å². The second-order valence-corrected chi connectivity index (χ2v) is 4.53. The molecule has 1 saturated carbocycles. The third kappa shape index (κ3) is 2.62. The van der Waals surface area contributed by atoms with Crippen LogP contribution in [-0.4, -0.2) is 21.3 Å². The third-order valence-corrected chi connectivity index (χ3v) is 3.39. The van der Waals surface area contributed by atoms with Crippen molar-refractivity contribution in [1.82, 2.24) is 10.2 Å². The van der Waals surface area contributed by atoms with E-state index in [1.807, 2.05) is 6.20 Å². The molecule has 2 rings (SSSR count). The van der Waals surface area contributed by atoms with E-state index < -0.39 is 5.97 Å². The van der Waals surface area contributed by atoms with Crippen molar-refractivity contribution in [3.8, 4) is 0 Å². The summed E-state index contributed by atoms with van der Waals surface area (Å²) in [5, 5.41) is 15.7. The van der Waals surface area contributed by atoms with Crippen LogP contribution in [0.3, 0.4) is 0 Å². The first kappa shape index (κ1) is 11.2. The van der Waals surface area contributed by atoms with Crippen LogP contribution in [0.1, 0.15) is 55.7 Å². The van der Waals surface area contributed by atoms with E-state index in [1.54, 1.807) is 0 Å². The zero-order chi connectivity index (χ0) is 11.4. The molecule has 2 N–H and O–H groups in total. The topological polar surface area (TPSA) is 66.0 Å². The van der Waals surface area contributed by atoms with Gasteiger partial charge in [-0.05, 0) is 30.7 Å². The van der Waals surface area contributed by atoms with Gasteiger partial charge in [0.1, 0.15) is 0 Å². The van der Waals surface area contributed by atoms with Crippen LogP contribution in [0, 0.1) is 0 Å². The van der Waals surface area contributed by atoms with E-state index in [2.05, 4.69) is 10.2 Å². The van der Waals surface area contributed by atoms with E-state index in [9.17, 15) is 4.79 Å². The number of nitrogens with one attached hydrogen (secondary N) is 1. The summed E-state index contributed by atoms with van der Waals surface area (Å²) < 4.78 is 0. The molecule has 16 heavy (non-hydrogen) atoms. The van der Waals surface area contributed by atoms with E-state index in [0.29, 0.717) is 12.3 Å². The third-order valence-electron chi connectivity index (χ3n) is 3.39. The Morgan fingerprint density at radius 3 is 2.88 bits per heavy atom. The molecule has 0 saturated heterocycles. The molecule has 0 unspecified atom stereocenters. The number of rotatable bonds is 4. The number of aliphatic carboxylic acids is 1. The first-order valence-corrected chi connectivity index (χ1v) is 6.01. The Hall–Kier alpha value is -1.32. The first-order chi connectivity index (χ1) is 7.77. The number of aromatic nitrogens is 2. The molecule has 1 aliphatic rings. The minimum atomic E-state index is -0.746. The standard InChI is InChI=1S/C12H18N2O2/c15-12(16)7-6-11-10(8-13-14-11)9-4-2-1-3-5-9/h8-9H,1-7H2,(H,13,14)(H,15,16). The number of hydrogen-bond acceptors (Lipinski definition) is 2. The zero-order valence-electron chi connectivity index (χ0n) is 9.41. The van der Waals surface area contributed by atoms with Crippen molar-refractivity contribution in [3.05, 3.63) is 17.5 Å². The van der Waals surface area contributed by atoms with E-state index in [4.69, 9.17) is 5.11 Å². The predicted molar refractivity (Wildman–Crippen MR) is 60.4 cm³/mol. The van der Waals surface area contributed by atoms with Crippen LogP contribution in [0.15, 0.2) is 6.20 Å². The zero-order valence-corrected chi connectivity index (χ0v) is 9.41. The van der Waals surface area contributed by atoms with E-state index in [-0.39, 0.29) is 6.42 Å².